The molecule has 3 aromatic rings. The molecule has 0 aliphatic rings. The Bertz CT molecular complexity index is 976. The zero-order valence-electron chi connectivity index (χ0n) is 14.8. The van der Waals surface area contributed by atoms with Crippen LogP contribution in [0, 0.1) is 11.6 Å². The number of methoxy groups -OCH3 is 1. The lowest BCUT2D eigenvalue weighted by Crippen LogP contribution is -2.02. The van der Waals surface area contributed by atoms with Gasteiger partial charge in [-0.15, -0.1) is 0 Å². The van der Waals surface area contributed by atoms with Gasteiger partial charge in [0, 0.05) is 11.6 Å². The van der Waals surface area contributed by atoms with Crippen LogP contribution in [-0.4, -0.2) is 26.8 Å². The second kappa shape index (κ2) is 8.02. The zero-order chi connectivity index (χ0) is 19.6. The quantitative estimate of drug-likeness (QED) is 0.677. The van der Waals surface area contributed by atoms with Gasteiger partial charge in [0.15, 0.2) is 5.82 Å². The molecule has 1 N–H and O–H groups in total. The number of aryl methyl sites for hydroxylation is 1. The van der Waals surface area contributed by atoms with Gasteiger partial charge < -0.3 is 9.84 Å². The highest BCUT2D eigenvalue weighted by atomic mass is 35.5. The number of imidazole rings is 1. The predicted octanol–water partition coefficient (Wildman–Crippen LogP) is 4.32. The number of nitrogens with zero attached hydrogens (tertiary/aromatic N) is 3. The Morgan fingerprint density at radius 3 is 2.59 bits per heavy atom. The Labute approximate surface area is 160 Å². The van der Waals surface area contributed by atoms with Gasteiger partial charge in [-0.25, -0.2) is 18.7 Å². The second-order valence-corrected chi connectivity index (χ2v) is 6.27. The van der Waals surface area contributed by atoms with E-state index in [1.54, 1.807) is 12.1 Å². The summed E-state index contributed by atoms with van der Waals surface area (Å²) in [5, 5.41) is 9.61. The molecule has 5 nitrogen and oxygen atoms in total. The van der Waals surface area contributed by atoms with Crippen LogP contribution < -0.4 is 4.74 Å². The lowest BCUT2D eigenvalue weighted by atomic mass is 10.1. The number of benzene rings is 1. The van der Waals surface area contributed by atoms with Gasteiger partial charge >= 0.3 is 0 Å². The SMILES string of the molecule is CCCc1ccc(-c2nc(CO)c(Cl)n2-c2cnc(OC)c(F)c2)cc1F. The molecule has 0 fully saturated rings. The Kier molecular flexibility index (Phi) is 5.72. The number of rotatable bonds is 6. The first kappa shape index (κ1) is 19.3. The zero-order valence-corrected chi connectivity index (χ0v) is 15.6. The lowest BCUT2D eigenvalue weighted by molar-refractivity contribution is 0.277. The van der Waals surface area contributed by atoms with Crippen LogP contribution >= 0.6 is 11.6 Å². The standard InChI is InChI=1S/C19H18ClF2N3O2/c1-3-4-11-5-6-12(7-14(11)21)18-24-16(10-26)17(20)25(18)13-8-15(22)19(27-2)23-9-13/h5-9,26H,3-4,10H2,1-2H3. The van der Waals surface area contributed by atoms with E-state index in [1.165, 1.54) is 30.0 Å². The van der Waals surface area contributed by atoms with E-state index in [0.29, 0.717) is 17.5 Å². The number of aromatic nitrogens is 3. The maximum absolute atomic E-state index is 14.4. The van der Waals surface area contributed by atoms with Crippen LogP contribution in [0.4, 0.5) is 8.78 Å². The molecule has 0 spiro atoms. The molecule has 3 rings (SSSR count). The van der Waals surface area contributed by atoms with E-state index in [1.807, 2.05) is 6.92 Å². The highest BCUT2D eigenvalue weighted by Crippen LogP contribution is 2.31. The molecule has 0 aliphatic heterocycles. The molecule has 8 heteroatoms. The van der Waals surface area contributed by atoms with Crippen molar-refractivity contribution in [3.8, 4) is 23.0 Å². The molecule has 0 aliphatic carbocycles. The number of aliphatic hydroxyl groups is 1. The molecule has 0 radical (unpaired) electrons. The molecular formula is C19H18ClF2N3O2. The summed E-state index contributed by atoms with van der Waals surface area (Å²) in [6.45, 7) is 1.56. The third kappa shape index (κ3) is 3.65. The van der Waals surface area contributed by atoms with Crippen molar-refractivity contribution in [1.82, 2.24) is 14.5 Å². The van der Waals surface area contributed by atoms with E-state index in [9.17, 15) is 13.9 Å². The van der Waals surface area contributed by atoms with Gasteiger partial charge in [-0.1, -0.05) is 37.1 Å². The lowest BCUT2D eigenvalue weighted by Gasteiger charge is -2.11. The first-order valence-electron chi connectivity index (χ1n) is 8.36. The number of hydrogen-bond donors (Lipinski definition) is 1. The smallest absolute Gasteiger partial charge is 0.250 e. The summed E-state index contributed by atoms with van der Waals surface area (Å²) in [5.74, 6) is -0.920. The largest absolute Gasteiger partial charge is 0.479 e. The monoisotopic (exact) mass is 393 g/mol. The third-order valence-corrected chi connectivity index (χ3v) is 4.50. The third-order valence-electron chi connectivity index (χ3n) is 4.11. The highest BCUT2D eigenvalue weighted by molar-refractivity contribution is 6.30. The predicted molar refractivity (Wildman–Crippen MR) is 98.2 cm³/mol. The van der Waals surface area contributed by atoms with E-state index in [0.717, 1.165) is 6.42 Å². The van der Waals surface area contributed by atoms with Gasteiger partial charge in [0.1, 0.15) is 22.5 Å². The summed E-state index contributed by atoms with van der Waals surface area (Å²) >= 11 is 6.33. The molecule has 0 atom stereocenters. The second-order valence-electron chi connectivity index (χ2n) is 5.91. The maximum atomic E-state index is 14.4. The van der Waals surface area contributed by atoms with Gasteiger partial charge in [-0.05, 0) is 18.1 Å². The summed E-state index contributed by atoms with van der Waals surface area (Å²) in [6, 6.07) is 5.95. The van der Waals surface area contributed by atoms with Crippen molar-refractivity contribution in [1.29, 1.82) is 0 Å². The van der Waals surface area contributed by atoms with Crippen molar-refractivity contribution in [2.45, 2.75) is 26.4 Å². The first-order chi connectivity index (χ1) is 13.0. The molecule has 0 unspecified atom stereocenters. The molecule has 142 valence electrons. The van der Waals surface area contributed by atoms with Crippen LogP contribution in [0.5, 0.6) is 5.88 Å². The van der Waals surface area contributed by atoms with Crippen LogP contribution in [0.2, 0.25) is 5.15 Å². The molecule has 2 heterocycles. The number of halogens is 3. The molecule has 27 heavy (non-hydrogen) atoms. The minimum absolute atomic E-state index is 0.0944. The summed E-state index contributed by atoms with van der Waals surface area (Å²) < 4.78 is 34.8. The van der Waals surface area contributed by atoms with Crippen molar-refractivity contribution >= 4 is 11.6 Å². The summed E-state index contributed by atoms with van der Waals surface area (Å²) in [6.07, 6.45) is 2.81. The minimum atomic E-state index is -0.680. The van der Waals surface area contributed by atoms with Crippen LogP contribution in [0.3, 0.4) is 0 Å². The topological polar surface area (TPSA) is 60.2 Å². The molecular weight excluding hydrogens is 376 g/mol. The minimum Gasteiger partial charge on any atom is -0.479 e. The van der Waals surface area contributed by atoms with Crippen molar-refractivity contribution < 1.29 is 18.6 Å². The number of ether oxygens (including phenoxy) is 1. The molecule has 0 saturated heterocycles. The van der Waals surface area contributed by atoms with Crippen molar-refractivity contribution in [3.63, 3.8) is 0 Å². The Morgan fingerprint density at radius 2 is 2.00 bits per heavy atom. The van der Waals surface area contributed by atoms with Crippen LogP contribution in [0.15, 0.2) is 30.5 Å². The van der Waals surface area contributed by atoms with Crippen molar-refractivity contribution in [2.24, 2.45) is 0 Å². The molecule has 1 aromatic carbocycles. The van der Waals surface area contributed by atoms with E-state index in [2.05, 4.69) is 9.97 Å². The molecule has 0 bridgehead atoms. The fourth-order valence-electron chi connectivity index (χ4n) is 2.82. The number of hydrogen-bond acceptors (Lipinski definition) is 4. The van der Waals surface area contributed by atoms with Crippen LogP contribution in [0.1, 0.15) is 24.6 Å². The molecule has 0 saturated carbocycles. The van der Waals surface area contributed by atoms with E-state index in [4.69, 9.17) is 16.3 Å². The van der Waals surface area contributed by atoms with Gasteiger partial charge in [0.25, 0.3) is 0 Å². The van der Waals surface area contributed by atoms with Crippen molar-refractivity contribution in [3.05, 3.63) is 58.5 Å². The number of pyridine rings is 1. The molecule has 0 amide bonds. The van der Waals surface area contributed by atoms with Gasteiger partial charge in [-0.3, -0.25) is 4.57 Å². The van der Waals surface area contributed by atoms with Crippen molar-refractivity contribution in [2.75, 3.05) is 7.11 Å². The Morgan fingerprint density at radius 1 is 1.22 bits per heavy atom. The summed E-state index contributed by atoms with van der Waals surface area (Å²) in [7, 11) is 1.31. The highest BCUT2D eigenvalue weighted by Gasteiger charge is 2.20. The van der Waals surface area contributed by atoms with Gasteiger partial charge in [-0.2, -0.15) is 0 Å². The maximum Gasteiger partial charge on any atom is 0.250 e. The average Bonchev–Trinajstić information content (AvgIpc) is 3.00. The summed E-state index contributed by atoms with van der Waals surface area (Å²) in [4.78, 5) is 8.20. The van der Waals surface area contributed by atoms with Gasteiger partial charge in [0.2, 0.25) is 5.88 Å². The fraction of sp³-hybridized carbons (Fsp3) is 0.263. The van der Waals surface area contributed by atoms with Gasteiger partial charge in [0.05, 0.1) is 25.6 Å². The van der Waals surface area contributed by atoms with Crippen LogP contribution in [-0.2, 0) is 13.0 Å². The number of aliphatic hydroxyl groups excluding tert-OH is 1. The fourth-order valence-corrected chi connectivity index (χ4v) is 3.10. The summed E-state index contributed by atoms with van der Waals surface area (Å²) in [5.41, 5.74) is 1.52. The van der Waals surface area contributed by atoms with E-state index >= 15 is 0 Å². The van der Waals surface area contributed by atoms with Crippen LogP contribution in [0.25, 0.3) is 17.1 Å². The average molecular weight is 394 g/mol. The Hall–Kier alpha value is -2.51. The molecule has 2 aromatic heterocycles. The normalized spacial score (nSPS) is 11.0. The van der Waals surface area contributed by atoms with E-state index < -0.39 is 12.4 Å². The first-order valence-corrected chi connectivity index (χ1v) is 8.74. The van der Waals surface area contributed by atoms with E-state index in [-0.39, 0.29) is 34.1 Å². The Balaban J connectivity index is 2.17.